The van der Waals surface area contributed by atoms with E-state index in [2.05, 4.69) is 10.6 Å². The highest BCUT2D eigenvalue weighted by atomic mass is 35.5. The summed E-state index contributed by atoms with van der Waals surface area (Å²) in [6, 6.07) is 11.2. The second-order valence-electron chi connectivity index (χ2n) is 6.80. The first-order valence-corrected chi connectivity index (χ1v) is 10.5. The molecule has 0 spiro atoms. The van der Waals surface area contributed by atoms with Gasteiger partial charge in [-0.05, 0) is 44.8 Å². The number of nitrogens with one attached hydrogen (secondary N) is 2. The SMILES string of the molecule is CN(C)C(CNC(=O)Nc1ccccc1SCC1CC1(Cl)Cl)c1ccco1. The lowest BCUT2D eigenvalue weighted by Crippen LogP contribution is -2.36. The second kappa shape index (κ2) is 8.78. The van der Waals surface area contributed by atoms with Crippen molar-refractivity contribution in [2.24, 2.45) is 5.92 Å². The molecule has 146 valence electrons. The van der Waals surface area contributed by atoms with Crippen LogP contribution in [0.5, 0.6) is 0 Å². The second-order valence-corrected chi connectivity index (χ2v) is 9.40. The maximum absolute atomic E-state index is 12.4. The molecule has 8 heteroatoms. The minimum atomic E-state index is -0.584. The number of carbonyl (C=O) groups is 1. The fourth-order valence-electron chi connectivity index (χ4n) is 2.71. The Morgan fingerprint density at radius 3 is 2.70 bits per heavy atom. The van der Waals surface area contributed by atoms with E-state index in [0.717, 1.165) is 28.5 Å². The molecule has 27 heavy (non-hydrogen) atoms. The summed E-state index contributed by atoms with van der Waals surface area (Å²) in [5, 5.41) is 5.84. The number of amides is 2. The molecule has 3 rings (SSSR count). The van der Waals surface area contributed by atoms with Gasteiger partial charge < -0.3 is 15.1 Å². The molecule has 0 saturated heterocycles. The molecule has 0 aliphatic heterocycles. The summed E-state index contributed by atoms with van der Waals surface area (Å²) in [7, 11) is 3.90. The highest BCUT2D eigenvalue weighted by Crippen LogP contribution is 2.55. The topological polar surface area (TPSA) is 57.5 Å². The van der Waals surface area contributed by atoms with Crippen LogP contribution in [0.25, 0.3) is 0 Å². The van der Waals surface area contributed by atoms with Crippen LogP contribution < -0.4 is 10.6 Å². The molecule has 1 fully saturated rings. The number of likely N-dealkylation sites (N-methyl/N-ethyl adjacent to an activating group) is 1. The van der Waals surface area contributed by atoms with Crippen molar-refractivity contribution in [2.45, 2.75) is 21.7 Å². The van der Waals surface area contributed by atoms with Crippen LogP contribution in [0.4, 0.5) is 10.5 Å². The number of alkyl halides is 2. The van der Waals surface area contributed by atoms with E-state index in [9.17, 15) is 4.79 Å². The number of rotatable bonds is 8. The maximum Gasteiger partial charge on any atom is 0.319 e. The van der Waals surface area contributed by atoms with Crippen molar-refractivity contribution in [1.29, 1.82) is 0 Å². The summed E-state index contributed by atoms with van der Waals surface area (Å²) in [4.78, 5) is 15.4. The van der Waals surface area contributed by atoms with Crippen LogP contribution in [0.3, 0.4) is 0 Å². The van der Waals surface area contributed by atoms with Gasteiger partial charge in [0.2, 0.25) is 0 Å². The summed E-state index contributed by atoms with van der Waals surface area (Å²) in [6.07, 6.45) is 2.45. The van der Waals surface area contributed by atoms with E-state index in [-0.39, 0.29) is 12.1 Å². The molecule has 0 bridgehead atoms. The standard InChI is InChI=1S/C19H23Cl2N3O2S/c1-24(2)15(16-7-5-9-26-16)11-22-18(25)23-14-6-3-4-8-17(14)27-12-13-10-19(13,20)21/h3-9,13,15H,10-12H2,1-2H3,(H2,22,23,25). The molecule has 0 radical (unpaired) electrons. The number of hydrogen-bond donors (Lipinski definition) is 2. The lowest BCUT2D eigenvalue weighted by atomic mass is 10.2. The van der Waals surface area contributed by atoms with Crippen molar-refractivity contribution in [3.05, 3.63) is 48.4 Å². The quantitative estimate of drug-likeness (QED) is 0.460. The number of para-hydroxylation sites is 1. The van der Waals surface area contributed by atoms with E-state index in [1.807, 2.05) is 55.4 Å². The van der Waals surface area contributed by atoms with Crippen LogP contribution in [0.1, 0.15) is 18.2 Å². The monoisotopic (exact) mass is 427 g/mol. The van der Waals surface area contributed by atoms with Gasteiger partial charge in [0, 0.05) is 23.1 Å². The average molecular weight is 428 g/mol. The minimum absolute atomic E-state index is 0.0363. The van der Waals surface area contributed by atoms with Gasteiger partial charge in [0.1, 0.15) is 10.1 Å². The number of anilines is 1. The van der Waals surface area contributed by atoms with Crippen LogP contribution in [-0.4, -0.2) is 41.7 Å². The molecule has 2 N–H and O–H groups in total. The molecule has 1 heterocycles. The minimum Gasteiger partial charge on any atom is -0.468 e. The zero-order valence-corrected chi connectivity index (χ0v) is 17.6. The lowest BCUT2D eigenvalue weighted by Gasteiger charge is -2.22. The van der Waals surface area contributed by atoms with Gasteiger partial charge >= 0.3 is 6.03 Å². The smallest absolute Gasteiger partial charge is 0.319 e. The normalized spacial score (nSPS) is 18.9. The zero-order valence-electron chi connectivity index (χ0n) is 15.2. The molecule has 2 amide bonds. The molecule has 1 aromatic heterocycles. The Balaban J connectivity index is 1.54. The zero-order chi connectivity index (χ0) is 19.4. The van der Waals surface area contributed by atoms with E-state index in [1.165, 1.54) is 0 Å². The van der Waals surface area contributed by atoms with Crippen molar-refractivity contribution in [1.82, 2.24) is 10.2 Å². The summed E-state index contributed by atoms with van der Waals surface area (Å²) in [5.74, 6) is 1.93. The van der Waals surface area contributed by atoms with Gasteiger partial charge in [-0.25, -0.2) is 4.79 Å². The van der Waals surface area contributed by atoms with Gasteiger partial charge in [-0.15, -0.1) is 35.0 Å². The fourth-order valence-corrected chi connectivity index (χ4v) is 4.65. The first kappa shape index (κ1) is 20.4. The van der Waals surface area contributed by atoms with E-state index >= 15 is 0 Å². The fraction of sp³-hybridized carbons (Fsp3) is 0.421. The largest absolute Gasteiger partial charge is 0.468 e. The van der Waals surface area contributed by atoms with Gasteiger partial charge in [-0.1, -0.05) is 12.1 Å². The highest BCUT2D eigenvalue weighted by molar-refractivity contribution is 7.99. The first-order chi connectivity index (χ1) is 12.9. The molecule has 5 nitrogen and oxygen atoms in total. The molecular weight excluding hydrogens is 405 g/mol. The van der Waals surface area contributed by atoms with Gasteiger partial charge in [0.25, 0.3) is 0 Å². The third-order valence-corrected chi connectivity index (χ3v) is 6.64. The molecule has 2 aromatic rings. The number of benzene rings is 1. The Labute approximate surface area is 173 Å². The van der Waals surface area contributed by atoms with Crippen LogP contribution in [0, 0.1) is 5.92 Å². The maximum atomic E-state index is 12.4. The van der Waals surface area contributed by atoms with Crippen LogP contribution >= 0.6 is 35.0 Å². The van der Waals surface area contributed by atoms with E-state index < -0.39 is 4.33 Å². The van der Waals surface area contributed by atoms with Crippen molar-refractivity contribution >= 4 is 46.7 Å². The molecule has 1 aliphatic carbocycles. The summed E-state index contributed by atoms with van der Waals surface area (Å²) >= 11 is 13.8. The molecule has 1 aromatic carbocycles. The Morgan fingerprint density at radius 2 is 2.07 bits per heavy atom. The summed E-state index contributed by atoms with van der Waals surface area (Å²) in [6.45, 7) is 0.435. The van der Waals surface area contributed by atoms with Crippen molar-refractivity contribution in [2.75, 3.05) is 31.7 Å². The number of hydrogen-bond acceptors (Lipinski definition) is 4. The molecular formula is C19H23Cl2N3O2S. The van der Waals surface area contributed by atoms with Crippen molar-refractivity contribution < 1.29 is 9.21 Å². The number of nitrogens with zero attached hydrogens (tertiary/aromatic N) is 1. The van der Waals surface area contributed by atoms with E-state index in [0.29, 0.717) is 12.5 Å². The van der Waals surface area contributed by atoms with E-state index in [1.54, 1.807) is 18.0 Å². The van der Waals surface area contributed by atoms with E-state index in [4.69, 9.17) is 27.6 Å². The molecule has 1 aliphatic rings. The predicted molar refractivity (Wildman–Crippen MR) is 112 cm³/mol. The van der Waals surface area contributed by atoms with Crippen LogP contribution in [0.2, 0.25) is 0 Å². The number of halogens is 2. The van der Waals surface area contributed by atoms with Crippen molar-refractivity contribution in [3.63, 3.8) is 0 Å². The number of thioether (sulfide) groups is 1. The Morgan fingerprint density at radius 1 is 1.33 bits per heavy atom. The van der Waals surface area contributed by atoms with Gasteiger partial charge in [-0.2, -0.15) is 0 Å². The van der Waals surface area contributed by atoms with Gasteiger partial charge in [0.05, 0.1) is 18.0 Å². The first-order valence-electron chi connectivity index (χ1n) is 8.71. The molecule has 1 saturated carbocycles. The van der Waals surface area contributed by atoms with Crippen molar-refractivity contribution in [3.8, 4) is 0 Å². The lowest BCUT2D eigenvalue weighted by molar-refractivity contribution is 0.233. The van der Waals surface area contributed by atoms with Crippen LogP contribution in [-0.2, 0) is 0 Å². The van der Waals surface area contributed by atoms with Crippen LogP contribution in [0.15, 0.2) is 52.0 Å². The van der Waals surface area contributed by atoms with Gasteiger partial charge in [0.15, 0.2) is 0 Å². The predicted octanol–water partition coefficient (Wildman–Crippen LogP) is 4.99. The highest BCUT2D eigenvalue weighted by Gasteiger charge is 2.51. The Hall–Kier alpha value is -1.34. The van der Waals surface area contributed by atoms with Gasteiger partial charge in [-0.3, -0.25) is 4.90 Å². The third kappa shape index (κ3) is 5.57. The Kier molecular flexibility index (Phi) is 6.63. The summed E-state index contributed by atoms with van der Waals surface area (Å²) in [5.41, 5.74) is 0.773. The third-order valence-electron chi connectivity index (χ3n) is 4.48. The molecule has 2 unspecified atom stereocenters. The average Bonchev–Trinajstić information content (AvgIpc) is 2.98. The number of carbonyl (C=O) groups excluding carboxylic acids is 1. The number of urea groups is 1. The summed E-state index contributed by atoms with van der Waals surface area (Å²) < 4.78 is 4.88. The number of furan rings is 1. The Bertz CT molecular complexity index is 768. The molecule has 2 atom stereocenters.